The molecule has 120 valence electrons. The van der Waals surface area contributed by atoms with Crippen LogP contribution in [0.4, 0.5) is 0 Å². The van der Waals surface area contributed by atoms with Gasteiger partial charge in [0, 0.05) is 17.1 Å². The molecular formula is C18H19ClN2O2. The molecule has 0 aliphatic rings. The number of carbonyl (C=O) groups excluding carboxylic acids is 2. The molecule has 0 heterocycles. The summed E-state index contributed by atoms with van der Waals surface area (Å²) in [7, 11) is 0. The molecule has 1 atom stereocenters. The van der Waals surface area contributed by atoms with Crippen LogP contribution in [0.3, 0.4) is 0 Å². The summed E-state index contributed by atoms with van der Waals surface area (Å²) >= 11 is 5.77. The number of carbonyl (C=O) groups is 2. The molecule has 0 bridgehead atoms. The molecule has 0 saturated heterocycles. The third kappa shape index (κ3) is 5.42. The monoisotopic (exact) mass is 330 g/mol. The second-order valence-corrected chi connectivity index (χ2v) is 5.74. The van der Waals surface area contributed by atoms with Crippen LogP contribution in [0.5, 0.6) is 0 Å². The minimum Gasteiger partial charge on any atom is -0.354 e. The van der Waals surface area contributed by atoms with Crippen molar-refractivity contribution in [2.75, 3.05) is 13.1 Å². The molecular weight excluding hydrogens is 312 g/mol. The zero-order chi connectivity index (χ0) is 16.7. The van der Waals surface area contributed by atoms with Crippen molar-refractivity contribution in [3.8, 4) is 0 Å². The molecule has 0 radical (unpaired) electrons. The van der Waals surface area contributed by atoms with E-state index in [-0.39, 0.29) is 24.3 Å². The van der Waals surface area contributed by atoms with E-state index >= 15 is 0 Å². The summed E-state index contributed by atoms with van der Waals surface area (Å²) in [6, 6.07) is 16.5. The summed E-state index contributed by atoms with van der Waals surface area (Å²) in [5, 5.41) is 5.97. The van der Waals surface area contributed by atoms with Gasteiger partial charge in [0.15, 0.2) is 0 Å². The van der Waals surface area contributed by atoms with Crippen LogP contribution in [0.15, 0.2) is 54.6 Å². The highest BCUT2D eigenvalue weighted by atomic mass is 35.5. The molecule has 23 heavy (non-hydrogen) atoms. The summed E-state index contributed by atoms with van der Waals surface area (Å²) < 4.78 is 0. The Labute approximate surface area is 140 Å². The lowest BCUT2D eigenvalue weighted by atomic mass is 10.0. The Morgan fingerprint density at radius 1 is 1.00 bits per heavy atom. The van der Waals surface area contributed by atoms with Crippen molar-refractivity contribution in [3.05, 3.63) is 70.7 Å². The van der Waals surface area contributed by atoms with Gasteiger partial charge < -0.3 is 10.6 Å². The molecule has 2 N–H and O–H groups in total. The van der Waals surface area contributed by atoms with Gasteiger partial charge in [-0.05, 0) is 35.7 Å². The molecule has 0 aliphatic heterocycles. The average Bonchev–Trinajstić information content (AvgIpc) is 2.59. The molecule has 4 nitrogen and oxygen atoms in total. The maximum atomic E-state index is 11.9. The van der Waals surface area contributed by atoms with Crippen molar-refractivity contribution in [1.82, 2.24) is 10.6 Å². The van der Waals surface area contributed by atoms with E-state index in [4.69, 9.17) is 11.6 Å². The number of amides is 2. The van der Waals surface area contributed by atoms with Crippen LogP contribution in [0.1, 0.15) is 28.8 Å². The minimum atomic E-state index is -0.298. The second kappa shape index (κ2) is 8.34. The molecule has 5 heteroatoms. The Morgan fingerprint density at radius 3 is 2.30 bits per heavy atom. The van der Waals surface area contributed by atoms with Gasteiger partial charge in [0.05, 0.1) is 6.54 Å². The Balaban J connectivity index is 1.75. The van der Waals surface area contributed by atoms with Crippen LogP contribution in [0.2, 0.25) is 5.02 Å². The zero-order valence-corrected chi connectivity index (χ0v) is 13.6. The van der Waals surface area contributed by atoms with E-state index in [1.54, 1.807) is 24.3 Å². The quantitative estimate of drug-likeness (QED) is 0.855. The lowest BCUT2D eigenvalue weighted by Crippen LogP contribution is -2.38. The van der Waals surface area contributed by atoms with E-state index in [1.165, 1.54) is 0 Å². The first-order valence-electron chi connectivity index (χ1n) is 7.41. The van der Waals surface area contributed by atoms with Crippen LogP contribution >= 0.6 is 11.6 Å². The van der Waals surface area contributed by atoms with E-state index in [0.717, 1.165) is 5.56 Å². The SMILES string of the molecule is C[C@H](CNC(=O)CNC(=O)c1ccc(Cl)cc1)c1ccccc1. The summed E-state index contributed by atoms with van der Waals surface area (Å²) in [4.78, 5) is 23.7. The topological polar surface area (TPSA) is 58.2 Å². The molecule has 2 rings (SSSR count). The smallest absolute Gasteiger partial charge is 0.251 e. The van der Waals surface area contributed by atoms with Crippen molar-refractivity contribution >= 4 is 23.4 Å². The Morgan fingerprint density at radius 2 is 1.65 bits per heavy atom. The molecule has 0 aromatic heterocycles. The fourth-order valence-electron chi connectivity index (χ4n) is 2.09. The van der Waals surface area contributed by atoms with Gasteiger partial charge in [-0.2, -0.15) is 0 Å². The summed E-state index contributed by atoms with van der Waals surface area (Å²) in [6.07, 6.45) is 0. The van der Waals surface area contributed by atoms with Crippen molar-refractivity contribution in [1.29, 1.82) is 0 Å². The fourth-order valence-corrected chi connectivity index (χ4v) is 2.22. The lowest BCUT2D eigenvalue weighted by Gasteiger charge is -2.13. The molecule has 2 aromatic carbocycles. The third-order valence-electron chi connectivity index (χ3n) is 3.49. The predicted molar refractivity (Wildman–Crippen MR) is 91.7 cm³/mol. The number of hydrogen-bond acceptors (Lipinski definition) is 2. The highest BCUT2D eigenvalue weighted by Crippen LogP contribution is 2.12. The first-order valence-corrected chi connectivity index (χ1v) is 7.79. The first-order chi connectivity index (χ1) is 11.1. The van der Waals surface area contributed by atoms with E-state index in [9.17, 15) is 9.59 Å². The Kier molecular flexibility index (Phi) is 6.18. The number of halogens is 1. The van der Waals surface area contributed by atoms with Crippen LogP contribution in [-0.2, 0) is 4.79 Å². The van der Waals surface area contributed by atoms with Gasteiger partial charge in [0.2, 0.25) is 5.91 Å². The van der Waals surface area contributed by atoms with Crippen molar-refractivity contribution in [3.63, 3.8) is 0 Å². The standard InChI is InChI=1S/C18H19ClN2O2/c1-13(14-5-3-2-4-6-14)11-20-17(22)12-21-18(23)15-7-9-16(19)10-8-15/h2-10,13H,11-12H2,1H3,(H,20,22)(H,21,23)/t13-/m1/s1. The Bertz CT molecular complexity index is 656. The highest BCUT2D eigenvalue weighted by Gasteiger charge is 2.10. The third-order valence-corrected chi connectivity index (χ3v) is 3.74. The van der Waals surface area contributed by atoms with Crippen molar-refractivity contribution < 1.29 is 9.59 Å². The van der Waals surface area contributed by atoms with Gasteiger partial charge >= 0.3 is 0 Å². The average molecular weight is 331 g/mol. The number of hydrogen-bond donors (Lipinski definition) is 2. The van der Waals surface area contributed by atoms with E-state index in [0.29, 0.717) is 17.1 Å². The van der Waals surface area contributed by atoms with Crippen LogP contribution in [0.25, 0.3) is 0 Å². The Hall–Kier alpha value is -2.33. The van der Waals surface area contributed by atoms with Crippen LogP contribution in [0, 0.1) is 0 Å². The van der Waals surface area contributed by atoms with Gasteiger partial charge in [-0.1, -0.05) is 48.9 Å². The zero-order valence-electron chi connectivity index (χ0n) is 12.9. The van der Waals surface area contributed by atoms with Crippen LogP contribution < -0.4 is 10.6 Å². The molecule has 0 spiro atoms. The first kappa shape index (κ1) is 17.0. The maximum absolute atomic E-state index is 11.9. The summed E-state index contributed by atoms with van der Waals surface area (Å²) in [6.45, 7) is 2.52. The van der Waals surface area contributed by atoms with Crippen molar-refractivity contribution in [2.45, 2.75) is 12.8 Å². The lowest BCUT2D eigenvalue weighted by molar-refractivity contribution is -0.120. The largest absolute Gasteiger partial charge is 0.354 e. The fraction of sp³-hybridized carbons (Fsp3) is 0.222. The molecule has 2 aromatic rings. The molecule has 0 fully saturated rings. The minimum absolute atomic E-state index is 0.0526. The normalized spacial score (nSPS) is 11.6. The van der Waals surface area contributed by atoms with Gasteiger partial charge in [-0.3, -0.25) is 9.59 Å². The number of rotatable bonds is 6. The second-order valence-electron chi connectivity index (χ2n) is 5.31. The van der Waals surface area contributed by atoms with E-state index in [1.807, 2.05) is 37.3 Å². The predicted octanol–water partition coefficient (Wildman–Crippen LogP) is 2.99. The van der Waals surface area contributed by atoms with Crippen LogP contribution in [-0.4, -0.2) is 24.9 Å². The van der Waals surface area contributed by atoms with Gasteiger partial charge in [0.1, 0.15) is 0 Å². The van der Waals surface area contributed by atoms with Gasteiger partial charge in [-0.15, -0.1) is 0 Å². The molecule has 0 unspecified atom stereocenters. The highest BCUT2D eigenvalue weighted by molar-refractivity contribution is 6.30. The van der Waals surface area contributed by atoms with E-state index in [2.05, 4.69) is 10.6 Å². The van der Waals surface area contributed by atoms with Gasteiger partial charge in [0.25, 0.3) is 5.91 Å². The molecule has 0 saturated carbocycles. The summed E-state index contributed by atoms with van der Waals surface area (Å²) in [5.41, 5.74) is 1.64. The summed E-state index contributed by atoms with van der Waals surface area (Å²) in [5.74, 6) is -0.296. The van der Waals surface area contributed by atoms with Crippen molar-refractivity contribution in [2.24, 2.45) is 0 Å². The van der Waals surface area contributed by atoms with E-state index < -0.39 is 0 Å². The number of benzene rings is 2. The maximum Gasteiger partial charge on any atom is 0.251 e. The van der Waals surface area contributed by atoms with Gasteiger partial charge in [-0.25, -0.2) is 0 Å². The molecule has 0 aliphatic carbocycles. The molecule has 2 amide bonds. The number of nitrogens with one attached hydrogen (secondary N) is 2.